The van der Waals surface area contributed by atoms with E-state index in [1.54, 1.807) is 5.57 Å². The van der Waals surface area contributed by atoms with Gasteiger partial charge in [-0.05, 0) is 105 Å². The maximum absolute atomic E-state index is 10.2. The molecule has 2 N–H and O–H groups in total. The second-order valence-corrected chi connectivity index (χ2v) is 11.0. The normalized spacial score (nSPS) is 47.6. The molecule has 0 aliphatic heterocycles. The quantitative estimate of drug-likeness (QED) is 0.591. The third-order valence-electron chi connectivity index (χ3n) is 9.84. The van der Waals surface area contributed by atoms with Gasteiger partial charge in [-0.25, -0.2) is 0 Å². The van der Waals surface area contributed by atoms with Crippen LogP contribution in [0.5, 0.6) is 0 Å². The summed E-state index contributed by atoms with van der Waals surface area (Å²) in [5, 5.41) is 20.1. The van der Waals surface area contributed by atoms with Crippen LogP contribution in [0.3, 0.4) is 0 Å². The van der Waals surface area contributed by atoms with Crippen molar-refractivity contribution in [1.82, 2.24) is 0 Å². The van der Waals surface area contributed by atoms with E-state index < -0.39 is 0 Å². The first-order valence-corrected chi connectivity index (χ1v) is 11.9. The molecule has 0 bridgehead atoms. The van der Waals surface area contributed by atoms with Gasteiger partial charge in [-0.15, -0.1) is 0 Å². The van der Waals surface area contributed by atoms with Gasteiger partial charge in [0.05, 0.1) is 12.2 Å². The van der Waals surface area contributed by atoms with E-state index in [-0.39, 0.29) is 12.2 Å². The van der Waals surface area contributed by atoms with Gasteiger partial charge < -0.3 is 10.2 Å². The Morgan fingerprint density at radius 2 is 1.93 bits per heavy atom. The highest BCUT2D eigenvalue weighted by Crippen LogP contribution is 2.66. The minimum atomic E-state index is -0.0935. The molecule has 0 aromatic heterocycles. The zero-order valence-corrected chi connectivity index (χ0v) is 17.9. The van der Waals surface area contributed by atoms with Crippen molar-refractivity contribution in [1.29, 1.82) is 0 Å². The molecule has 0 amide bonds. The van der Waals surface area contributed by atoms with Crippen molar-refractivity contribution in [3.05, 3.63) is 11.6 Å². The smallest absolute Gasteiger partial charge is 0.0577 e. The van der Waals surface area contributed by atoms with Crippen molar-refractivity contribution >= 4 is 0 Å². The SMILES string of the molecule is CCC(O)CCCC1CCC2C3CC=C4CC(O)CCC4(C)C3CCC12C. The molecule has 0 aromatic carbocycles. The zero-order valence-electron chi connectivity index (χ0n) is 17.9. The summed E-state index contributed by atoms with van der Waals surface area (Å²) in [6.45, 7) is 7.24. The highest BCUT2D eigenvalue weighted by Gasteiger charge is 2.58. The molecule has 4 aliphatic carbocycles. The summed E-state index contributed by atoms with van der Waals surface area (Å²) >= 11 is 0. The molecular formula is C25H42O2. The first-order chi connectivity index (χ1) is 12.9. The van der Waals surface area contributed by atoms with Crippen molar-refractivity contribution < 1.29 is 10.2 Å². The third kappa shape index (κ3) is 3.33. The van der Waals surface area contributed by atoms with E-state index >= 15 is 0 Å². The average molecular weight is 375 g/mol. The lowest BCUT2D eigenvalue weighted by Gasteiger charge is -2.58. The van der Waals surface area contributed by atoms with Crippen molar-refractivity contribution in [3.8, 4) is 0 Å². The van der Waals surface area contributed by atoms with Crippen LogP contribution in [0.4, 0.5) is 0 Å². The Balaban J connectivity index is 1.47. The molecule has 0 aromatic rings. The van der Waals surface area contributed by atoms with Crippen LogP contribution in [0.25, 0.3) is 0 Å². The molecule has 0 spiro atoms. The lowest BCUT2D eigenvalue weighted by molar-refractivity contribution is -0.0511. The van der Waals surface area contributed by atoms with Gasteiger partial charge in [0, 0.05) is 0 Å². The van der Waals surface area contributed by atoms with Crippen LogP contribution >= 0.6 is 0 Å². The van der Waals surface area contributed by atoms with E-state index in [2.05, 4.69) is 26.8 Å². The summed E-state index contributed by atoms with van der Waals surface area (Å²) < 4.78 is 0. The standard InChI is InChI=1S/C25H42O2/c1-4-19(26)7-5-6-17-9-11-22-21-10-8-18-16-20(27)12-14-25(18,3)23(21)13-15-24(17,22)2/h8,17,19-23,26-27H,4-7,9-16H2,1-3H3. The summed E-state index contributed by atoms with van der Waals surface area (Å²) in [5.74, 6) is 3.50. The van der Waals surface area contributed by atoms with E-state index in [1.807, 2.05) is 0 Å². The van der Waals surface area contributed by atoms with E-state index in [0.29, 0.717) is 10.8 Å². The molecule has 4 rings (SSSR count). The highest BCUT2D eigenvalue weighted by molar-refractivity contribution is 5.25. The van der Waals surface area contributed by atoms with Crippen molar-refractivity contribution in [3.63, 3.8) is 0 Å². The van der Waals surface area contributed by atoms with Gasteiger partial charge in [0.1, 0.15) is 0 Å². The summed E-state index contributed by atoms with van der Waals surface area (Å²) in [5.41, 5.74) is 2.50. The first kappa shape index (κ1) is 20.0. The Morgan fingerprint density at radius 1 is 1.11 bits per heavy atom. The largest absolute Gasteiger partial charge is 0.393 e. The third-order valence-corrected chi connectivity index (χ3v) is 9.84. The van der Waals surface area contributed by atoms with Gasteiger partial charge in [0.15, 0.2) is 0 Å². The molecule has 3 fully saturated rings. The fourth-order valence-electron chi connectivity index (χ4n) is 8.03. The monoisotopic (exact) mass is 374 g/mol. The van der Waals surface area contributed by atoms with E-state index in [0.717, 1.165) is 49.4 Å². The number of hydrogen-bond acceptors (Lipinski definition) is 2. The number of rotatable bonds is 5. The zero-order chi connectivity index (χ0) is 19.2. The summed E-state index contributed by atoms with van der Waals surface area (Å²) in [7, 11) is 0. The maximum atomic E-state index is 10.2. The Morgan fingerprint density at radius 3 is 2.70 bits per heavy atom. The summed E-state index contributed by atoms with van der Waals surface area (Å²) in [4.78, 5) is 0. The molecule has 0 radical (unpaired) electrons. The molecule has 8 unspecified atom stereocenters. The molecule has 154 valence electrons. The number of aliphatic hydroxyl groups is 2. The highest BCUT2D eigenvalue weighted by atomic mass is 16.3. The van der Waals surface area contributed by atoms with Gasteiger partial charge in [0.25, 0.3) is 0 Å². The molecule has 27 heavy (non-hydrogen) atoms. The van der Waals surface area contributed by atoms with Gasteiger partial charge in [-0.2, -0.15) is 0 Å². The molecular weight excluding hydrogens is 332 g/mol. The predicted molar refractivity (Wildman–Crippen MR) is 111 cm³/mol. The molecule has 0 heterocycles. The minimum absolute atomic E-state index is 0.0887. The minimum Gasteiger partial charge on any atom is -0.393 e. The van der Waals surface area contributed by atoms with E-state index in [4.69, 9.17) is 0 Å². The van der Waals surface area contributed by atoms with Crippen LogP contribution in [0.2, 0.25) is 0 Å². The van der Waals surface area contributed by atoms with Crippen molar-refractivity contribution in [2.24, 2.45) is 34.5 Å². The predicted octanol–water partition coefficient (Wildman–Crippen LogP) is 5.87. The number of allylic oxidation sites excluding steroid dienone is 1. The van der Waals surface area contributed by atoms with Crippen LogP contribution in [0.1, 0.15) is 97.8 Å². The Labute approximate surface area is 166 Å². The number of aliphatic hydroxyl groups excluding tert-OH is 2. The van der Waals surface area contributed by atoms with Crippen molar-refractivity contribution in [2.75, 3.05) is 0 Å². The van der Waals surface area contributed by atoms with E-state index in [1.165, 1.54) is 51.4 Å². The molecule has 0 saturated heterocycles. The lowest BCUT2D eigenvalue weighted by Crippen LogP contribution is -2.50. The Kier molecular flexibility index (Phi) is 5.53. The van der Waals surface area contributed by atoms with Crippen LogP contribution in [0.15, 0.2) is 11.6 Å². The molecule has 8 atom stereocenters. The molecule has 2 heteroatoms. The average Bonchev–Trinajstić information content (AvgIpc) is 2.99. The van der Waals surface area contributed by atoms with Gasteiger partial charge in [-0.3, -0.25) is 0 Å². The van der Waals surface area contributed by atoms with Gasteiger partial charge >= 0.3 is 0 Å². The summed E-state index contributed by atoms with van der Waals surface area (Å²) in [6, 6.07) is 0. The summed E-state index contributed by atoms with van der Waals surface area (Å²) in [6.07, 6.45) is 16.8. The first-order valence-electron chi connectivity index (χ1n) is 11.9. The lowest BCUT2D eigenvalue weighted by atomic mass is 9.47. The fourth-order valence-corrected chi connectivity index (χ4v) is 8.03. The van der Waals surface area contributed by atoms with Crippen LogP contribution in [-0.4, -0.2) is 22.4 Å². The Hall–Kier alpha value is -0.340. The van der Waals surface area contributed by atoms with Crippen LogP contribution in [-0.2, 0) is 0 Å². The maximum Gasteiger partial charge on any atom is 0.0577 e. The van der Waals surface area contributed by atoms with Crippen LogP contribution < -0.4 is 0 Å². The molecule has 3 saturated carbocycles. The fraction of sp³-hybridized carbons (Fsp3) is 0.920. The van der Waals surface area contributed by atoms with Crippen LogP contribution in [0, 0.1) is 34.5 Å². The topological polar surface area (TPSA) is 40.5 Å². The van der Waals surface area contributed by atoms with Gasteiger partial charge in [0.2, 0.25) is 0 Å². The van der Waals surface area contributed by atoms with Crippen molar-refractivity contribution in [2.45, 2.75) is 110 Å². The second-order valence-electron chi connectivity index (χ2n) is 11.0. The van der Waals surface area contributed by atoms with Gasteiger partial charge in [-0.1, -0.05) is 38.8 Å². The second kappa shape index (κ2) is 7.48. The number of fused-ring (bicyclic) bond motifs is 5. The number of hydrogen-bond donors (Lipinski definition) is 2. The molecule has 4 aliphatic rings. The van der Waals surface area contributed by atoms with E-state index in [9.17, 15) is 10.2 Å². The molecule has 2 nitrogen and oxygen atoms in total. The Bertz CT molecular complexity index is 569.